The van der Waals surface area contributed by atoms with Crippen molar-refractivity contribution < 1.29 is 14.7 Å². The summed E-state index contributed by atoms with van der Waals surface area (Å²) in [5.41, 5.74) is 3.49. The Morgan fingerprint density at radius 2 is 1.16 bits per heavy atom. The van der Waals surface area contributed by atoms with Gasteiger partial charge >= 0.3 is 5.97 Å². The molecule has 0 aromatic carbocycles. The average molecular weight is 434 g/mol. The van der Waals surface area contributed by atoms with Gasteiger partial charge in [-0.05, 0) is 32.3 Å². The number of nitrogens with one attached hydrogen (secondary N) is 1. The van der Waals surface area contributed by atoms with Crippen molar-refractivity contribution in [2.24, 2.45) is 0 Å². The number of carbonyl (C=O) groups is 2. The summed E-state index contributed by atoms with van der Waals surface area (Å²) in [6.07, 6.45) is 21.0. The van der Waals surface area contributed by atoms with Crippen LogP contribution in [0.2, 0.25) is 0 Å². The van der Waals surface area contributed by atoms with E-state index in [0.717, 1.165) is 35.4 Å². The first-order chi connectivity index (χ1) is 15.0. The van der Waals surface area contributed by atoms with E-state index in [2.05, 4.69) is 11.9 Å². The zero-order chi connectivity index (χ0) is 22.9. The number of aromatic nitrogens is 1. The van der Waals surface area contributed by atoms with Gasteiger partial charge in [0, 0.05) is 23.4 Å². The molecule has 1 aromatic heterocycles. The highest BCUT2D eigenvalue weighted by Gasteiger charge is 2.18. The molecule has 0 aliphatic carbocycles. The van der Waals surface area contributed by atoms with Gasteiger partial charge in [0.25, 0.3) is 0 Å². The number of hydrogen-bond donors (Lipinski definition) is 2. The topological polar surface area (TPSA) is 70.2 Å². The molecular weight excluding hydrogens is 386 g/mol. The number of Topliss-reactive ketones (excluding diaryl/α,β-unsaturated/α-hetero) is 1. The fourth-order valence-corrected chi connectivity index (χ4v) is 4.50. The number of rotatable bonds is 20. The number of ketones is 1. The van der Waals surface area contributed by atoms with Gasteiger partial charge in [-0.25, -0.2) is 0 Å². The van der Waals surface area contributed by atoms with E-state index in [1.54, 1.807) is 0 Å². The highest BCUT2D eigenvalue weighted by atomic mass is 16.4. The number of carbonyl (C=O) groups excluding carboxylic acids is 1. The molecule has 178 valence electrons. The van der Waals surface area contributed by atoms with E-state index in [1.165, 1.54) is 83.5 Å². The number of H-pyrrole nitrogens is 1. The minimum Gasteiger partial charge on any atom is -0.481 e. The van der Waals surface area contributed by atoms with Crippen LogP contribution in [0.15, 0.2) is 0 Å². The molecule has 0 fully saturated rings. The van der Waals surface area contributed by atoms with Gasteiger partial charge in [-0.15, -0.1) is 0 Å². The van der Waals surface area contributed by atoms with Crippen LogP contribution in [-0.4, -0.2) is 21.8 Å². The molecule has 0 atom stereocenters. The van der Waals surface area contributed by atoms with Crippen LogP contribution in [0.4, 0.5) is 0 Å². The number of carboxylic acid groups (broad SMARTS) is 1. The Kier molecular flexibility index (Phi) is 15.1. The van der Waals surface area contributed by atoms with Crippen LogP contribution >= 0.6 is 0 Å². The molecule has 0 radical (unpaired) electrons. The van der Waals surface area contributed by atoms with E-state index in [0.29, 0.717) is 12.8 Å². The van der Waals surface area contributed by atoms with Gasteiger partial charge in [0.05, 0.1) is 6.42 Å². The Hall–Kier alpha value is -1.58. The monoisotopic (exact) mass is 433 g/mol. The summed E-state index contributed by atoms with van der Waals surface area (Å²) in [6, 6.07) is 0. The second-order valence-corrected chi connectivity index (χ2v) is 9.25. The van der Waals surface area contributed by atoms with Crippen LogP contribution < -0.4 is 0 Å². The van der Waals surface area contributed by atoms with Crippen molar-refractivity contribution in [2.75, 3.05) is 0 Å². The van der Waals surface area contributed by atoms with E-state index >= 15 is 0 Å². The lowest BCUT2D eigenvalue weighted by molar-refractivity contribution is -0.136. The Morgan fingerprint density at radius 1 is 0.710 bits per heavy atom. The number of unbranched alkanes of at least 4 members (excludes halogenated alkanes) is 14. The van der Waals surface area contributed by atoms with Gasteiger partial charge in [-0.1, -0.05) is 96.8 Å². The SMILES string of the molecule is CCCCCCCCCCCCCCCCCC(=O)c1c(C)[nH]c(CCC(=O)O)c1C. The summed E-state index contributed by atoms with van der Waals surface area (Å²) < 4.78 is 0. The van der Waals surface area contributed by atoms with E-state index in [4.69, 9.17) is 5.11 Å². The predicted molar refractivity (Wildman–Crippen MR) is 130 cm³/mol. The molecule has 4 heteroatoms. The average Bonchev–Trinajstić information content (AvgIpc) is 3.02. The fourth-order valence-electron chi connectivity index (χ4n) is 4.50. The Bertz CT molecular complexity index is 633. The smallest absolute Gasteiger partial charge is 0.303 e. The van der Waals surface area contributed by atoms with Crippen LogP contribution in [0.5, 0.6) is 0 Å². The Morgan fingerprint density at radius 3 is 1.61 bits per heavy atom. The van der Waals surface area contributed by atoms with Gasteiger partial charge in [0.15, 0.2) is 5.78 Å². The first-order valence-electron chi connectivity index (χ1n) is 12.9. The number of aryl methyl sites for hydroxylation is 2. The first-order valence-corrected chi connectivity index (χ1v) is 12.9. The maximum Gasteiger partial charge on any atom is 0.303 e. The van der Waals surface area contributed by atoms with E-state index in [1.807, 2.05) is 13.8 Å². The molecule has 4 nitrogen and oxygen atoms in total. The lowest BCUT2D eigenvalue weighted by Crippen LogP contribution is -2.02. The molecule has 0 bridgehead atoms. The lowest BCUT2D eigenvalue weighted by Gasteiger charge is -2.04. The minimum atomic E-state index is -0.808. The number of hydrogen-bond acceptors (Lipinski definition) is 2. The summed E-state index contributed by atoms with van der Waals surface area (Å²) in [4.78, 5) is 26.7. The van der Waals surface area contributed by atoms with Crippen molar-refractivity contribution in [3.8, 4) is 0 Å². The van der Waals surface area contributed by atoms with Crippen LogP contribution in [0.3, 0.4) is 0 Å². The van der Waals surface area contributed by atoms with Crippen molar-refractivity contribution in [1.82, 2.24) is 4.98 Å². The van der Waals surface area contributed by atoms with Gasteiger partial charge in [0.1, 0.15) is 0 Å². The van der Waals surface area contributed by atoms with Crippen molar-refractivity contribution in [3.05, 3.63) is 22.5 Å². The molecule has 1 aromatic rings. The quantitative estimate of drug-likeness (QED) is 0.161. The summed E-state index contributed by atoms with van der Waals surface area (Å²) in [5, 5.41) is 8.87. The summed E-state index contributed by atoms with van der Waals surface area (Å²) >= 11 is 0. The van der Waals surface area contributed by atoms with Crippen molar-refractivity contribution in [3.63, 3.8) is 0 Å². The van der Waals surface area contributed by atoms with E-state index < -0.39 is 5.97 Å². The Labute approximate surface area is 190 Å². The largest absolute Gasteiger partial charge is 0.481 e. The van der Waals surface area contributed by atoms with Gasteiger partial charge in [0.2, 0.25) is 0 Å². The summed E-state index contributed by atoms with van der Waals surface area (Å²) in [5.74, 6) is -0.611. The molecule has 0 amide bonds. The molecule has 31 heavy (non-hydrogen) atoms. The standard InChI is InChI=1S/C27H47NO3/c1-4-5-6-7-8-9-10-11-12-13-14-15-16-17-18-19-25(29)27-22(2)24(28-23(27)3)20-21-26(30)31/h28H,4-21H2,1-3H3,(H,30,31). The molecule has 0 unspecified atom stereocenters. The normalized spacial score (nSPS) is 11.2. The highest BCUT2D eigenvalue weighted by Crippen LogP contribution is 2.22. The molecule has 0 saturated heterocycles. The second kappa shape index (κ2) is 17.0. The van der Waals surface area contributed by atoms with Gasteiger partial charge in [-0.3, -0.25) is 9.59 Å². The van der Waals surface area contributed by atoms with Crippen LogP contribution in [0.25, 0.3) is 0 Å². The Balaban J connectivity index is 2.04. The fraction of sp³-hybridized carbons (Fsp3) is 0.778. The highest BCUT2D eigenvalue weighted by molar-refractivity contribution is 5.98. The molecule has 0 aliphatic heterocycles. The van der Waals surface area contributed by atoms with Crippen LogP contribution in [0.1, 0.15) is 143 Å². The van der Waals surface area contributed by atoms with Gasteiger partial charge < -0.3 is 10.1 Å². The molecule has 0 aliphatic rings. The molecule has 2 N–H and O–H groups in total. The van der Waals surface area contributed by atoms with Crippen molar-refractivity contribution in [1.29, 1.82) is 0 Å². The molecule has 1 rings (SSSR count). The maximum atomic E-state index is 12.6. The third kappa shape index (κ3) is 12.1. The van der Waals surface area contributed by atoms with Crippen molar-refractivity contribution >= 4 is 11.8 Å². The summed E-state index contributed by atoms with van der Waals surface area (Å²) in [6.45, 7) is 6.12. The lowest BCUT2D eigenvalue weighted by atomic mass is 9.99. The molecular formula is C27H47NO3. The zero-order valence-electron chi connectivity index (χ0n) is 20.5. The molecule has 1 heterocycles. The predicted octanol–water partition coefficient (Wildman–Crippen LogP) is 8.09. The van der Waals surface area contributed by atoms with Crippen LogP contribution in [0, 0.1) is 13.8 Å². The van der Waals surface area contributed by atoms with Crippen LogP contribution in [-0.2, 0) is 11.2 Å². The maximum absolute atomic E-state index is 12.6. The number of aliphatic carboxylic acids is 1. The van der Waals surface area contributed by atoms with E-state index in [9.17, 15) is 9.59 Å². The van der Waals surface area contributed by atoms with Crippen molar-refractivity contribution in [2.45, 2.75) is 136 Å². The second-order valence-electron chi connectivity index (χ2n) is 9.25. The molecule has 0 saturated carbocycles. The zero-order valence-corrected chi connectivity index (χ0v) is 20.5. The molecule has 0 spiro atoms. The minimum absolute atomic E-state index is 0.0907. The van der Waals surface area contributed by atoms with Gasteiger partial charge in [-0.2, -0.15) is 0 Å². The third-order valence-electron chi connectivity index (χ3n) is 6.42. The number of carboxylic acids is 1. The first kappa shape index (κ1) is 27.5. The summed E-state index contributed by atoms with van der Waals surface area (Å²) in [7, 11) is 0. The number of aromatic amines is 1. The van der Waals surface area contributed by atoms with E-state index in [-0.39, 0.29) is 12.2 Å². The third-order valence-corrected chi connectivity index (χ3v) is 6.42.